The van der Waals surface area contributed by atoms with Crippen LogP contribution in [-0.2, 0) is 9.59 Å². The Morgan fingerprint density at radius 2 is 2.08 bits per heavy atom. The van der Waals surface area contributed by atoms with Crippen LogP contribution in [0, 0.1) is 5.41 Å². The van der Waals surface area contributed by atoms with Crippen molar-refractivity contribution in [3.8, 4) is 0 Å². The highest BCUT2D eigenvalue weighted by molar-refractivity contribution is 5.74. The number of aliphatic imine (C=N–C) groups is 1. The molecule has 4 nitrogen and oxygen atoms in total. The molecule has 0 aromatic carbocycles. The monoisotopic (exact) mass is 171 g/mol. The molecule has 0 heterocycles. The van der Waals surface area contributed by atoms with Crippen LogP contribution >= 0.6 is 0 Å². The van der Waals surface area contributed by atoms with Crippen LogP contribution in [0.3, 0.4) is 0 Å². The maximum atomic E-state index is 10.5. The van der Waals surface area contributed by atoms with Crippen LogP contribution in [0.1, 0.15) is 27.2 Å². The zero-order valence-corrected chi connectivity index (χ0v) is 7.50. The van der Waals surface area contributed by atoms with E-state index < -0.39 is 12.0 Å². The van der Waals surface area contributed by atoms with E-state index in [4.69, 9.17) is 5.11 Å². The zero-order chi connectivity index (χ0) is 9.78. The quantitative estimate of drug-likeness (QED) is 0.512. The Hall–Kier alpha value is -1.15. The molecule has 0 saturated carbocycles. The summed E-state index contributed by atoms with van der Waals surface area (Å²) in [5.41, 5.74) is -0.149. The lowest BCUT2D eigenvalue weighted by molar-refractivity contribution is -0.139. The number of nitrogens with zero attached hydrogens (tertiary/aromatic N) is 1. The van der Waals surface area contributed by atoms with Gasteiger partial charge in [-0.3, -0.25) is 0 Å². The fraction of sp³-hybridized carbons (Fsp3) is 0.750. The first-order valence-electron chi connectivity index (χ1n) is 3.66. The number of aliphatic carboxylic acids is 1. The van der Waals surface area contributed by atoms with Crippen LogP contribution in [0.5, 0.6) is 0 Å². The average Bonchev–Trinajstić information content (AvgIpc) is 1.83. The van der Waals surface area contributed by atoms with E-state index in [-0.39, 0.29) is 5.41 Å². The molecule has 0 saturated heterocycles. The van der Waals surface area contributed by atoms with Crippen molar-refractivity contribution in [2.24, 2.45) is 10.4 Å². The fourth-order valence-electron chi connectivity index (χ4n) is 0.832. The number of rotatable bonds is 3. The van der Waals surface area contributed by atoms with Crippen molar-refractivity contribution in [3.05, 3.63) is 0 Å². The Morgan fingerprint density at radius 3 is 2.33 bits per heavy atom. The highest BCUT2D eigenvalue weighted by atomic mass is 16.4. The third kappa shape index (κ3) is 4.63. The molecule has 4 heteroatoms. The SMILES string of the molecule is CC(C)(C)CC(N=C=O)C(=O)O. The molecule has 1 atom stereocenters. The minimum atomic E-state index is -1.08. The van der Waals surface area contributed by atoms with Crippen molar-refractivity contribution in [3.63, 3.8) is 0 Å². The van der Waals surface area contributed by atoms with Gasteiger partial charge in [0, 0.05) is 0 Å². The first-order valence-corrected chi connectivity index (χ1v) is 3.66. The van der Waals surface area contributed by atoms with E-state index in [1.54, 1.807) is 0 Å². The molecule has 0 bridgehead atoms. The molecule has 0 amide bonds. The first kappa shape index (κ1) is 10.8. The highest BCUT2D eigenvalue weighted by Gasteiger charge is 2.23. The number of carboxylic acids is 1. The van der Waals surface area contributed by atoms with E-state index >= 15 is 0 Å². The largest absolute Gasteiger partial charge is 0.480 e. The number of isocyanates is 1. The molecule has 0 aromatic rings. The summed E-state index contributed by atoms with van der Waals surface area (Å²) in [4.78, 5) is 23.5. The van der Waals surface area contributed by atoms with Gasteiger partial charge >= 0.3 is 5.97 Å². The van der Waals surface area contributed by atoms with Crippen molar-refractivity contribution in [2.75, 3.05) is 0 Å². The van der Waals surface area contributed by atoms with E-state index in [1.165, 1.54) is 6.08 Å². The molecule has 0 radical (unpaired) electrons. The van der Waals surface area contributed by atoms with Crippen LogP contribution in [0.2, 0.25) is 0 Å². The molecule has 0 spiro atoms. The molecule has 12 heavy (non-hydrogen) atoms. The van der Waals surface area contributed by atoms with Crippen LogP contribution in [0.25, 0.3) is 0 Å². The smallest absolute Gasteiger partial charge is 0.329 e. The maximum absolute atomic E-state index is 10.5. The van der Waals surface area contributed by atoms with E-state index in [9.17, 15) is 9.59 Å². The molecule has 0 aliphatic rings. The van der Waals surface area contributed by atoms with Crippen LogP contribution < -0.4 is 0 Å². The Bertz CT molecular complexity index is 209. The van der Waals surface area contributed by atoms with Gasteiger partial charge in [-0.1, -0.05) is 20.8 Å². The summed E-state index contributed by atoms with van der Waals surface area (Å²) in [7, 11) is 0. The average molecular weight is 171 g/mol. The molecule has 1 N–H and O–H groups in total. The van der Waals surface area contributed by atoms with Gasteiger partial charge in [-0.05, 0) is 11.8 Å². The van der Waals surface area contributed by atoms with Crippen molar-refractivity contribution >= 4 is 12.0 Å². The molecule has 0 aliphatic carbocycles. The van der Waals surface area contributed by atoms with Crippen LogP contribution in [0.4, 0.5) is 0 Å². The second-order valence-electron chi connectivity index (χ2n) is 3.84. The molecule has 0 fully saturated rings. The van der Waals surface area contributed by atoms with Gasteiger partial charge in [-0.25, -0.2) is 9.59 Å². The standard InChI is InChI=1S/C8H13NO3/c1-8(2,3)4-6(7(11)12)9-5-10/h6H,4H2,1-3H3,(H,11,12). The summed E-state index contributed by atoms with van der Waals surface area (Å²) in [6, 6.07) is -0.956. The number of hydrogen-bond acceptors (Lipinski definition) is 3. The maximum Gasteiger partial charge on any atom is 0.329 e. The summed E-state index contributed by atoms with van der Waals surface area (Å²) in [6.45, 7) is 5.68. The van der Waals surface area contributed by atoms with Gasteiger partial charge in [0.05, 0.1) is 0 Å². The van der Waals surface area contributed by atoms with E-state index in [0.29, 0.717) is 6.42 Å². The number of carbonyl (C=O) groups excluding carboxylic acids is 1. The zero-order valence-electron chi connectivity index (χ0n) is 7.50. The highest BCUT2D eigenvalue weighted by Crippen LogP contribution is 2.22. The number of hydrogen-bond donors (Lipinski definition) is 1. The lowest BCUT2D eigenvalue weighted by Gasteiger charge is -2.19. The molecule has 1 unspecified atom stereocenters. The Labute approximate surface area is 71.3 Å². The van der Waals surface area contributed by atoms with Gasteiger partial charge in [0.1, 0.15) is 0 Å². The van der Waals surface area contributed by atoms with Gasteiger partial charge in [0.25, 0.3) is 0 Å². The van der Waals surface area contributed by atoms with Gasteiger partial charge in [0.2, 0.25) is 6.08 Å². The molecular formula is C8H13NO3. The van der Waals surface area contributed by atoms with Gasteiger partial charge < -0.3 is 5.11 Å². The molecular weight excluding hydrogens is 158 g/mol. The van der Waals surface area contributed by atoms with Crippen molar-refractivity contribution in [1.29, 1.82) is 0 Å². The predicted octanol–water partition coefficient (Wildman–Crippen LogP) is 1.21. The van der Waals surface area contributed by atoms with Crippen molar-refractivity contribution in [2.45, 2.75) is 33.2 Å². The molecule has 0 aliphatic heterocycles. The minimum Gasteiger partial charge on any atom is -0.480 e. The first-order chi connectivity index (χ1) is 5.37. The molecule has 0 aromatic heterocycles. The van der Waals surface area contributed by atoms with Crippen molar-refractivity contribution in [1.82, 2.24) is 0 Å². The fourth-order valence-corrected chi connectivity index (χ4v) is 0.832. The third-order valence-electron chi connectivity index (χ3n) is 1.30. The lowest BCUT2D eigenvalue weighted by Crippen LogP contribution is -2.24. The summed E-state index contributed by atoms with van der Waals surface area (Å²) < 4.78 is 0. The molecule has 68 valence electrons. The Balaban J connectivity index is 4.34. The number of carboxylic acid groups (broad SMARTS) is 1. The van der Waals surface area contributed by atoms with Gasteiger partial charge in [-0.2, -0.15) is 4.99 Å². The minimum absolute atomic E-state index is 0.149. The van der Waals surface area contributed by atoms with E-state index in [2.05, 4.69) is 4.99 Å². The second-order valence-corrected chi connectivity index (χ2v) is 3.84. The van der Waals surface area contributed by atoms with Gasteiger partial charge in [-0.15, -0.1) is 0 Å². The topological polar surface area (TPSA) is 66.7 Å². The van der Waals surface area contributed by atoms with Gasteiger partial charge in [0.15, 0.2) is 6.04 Å². The Morgan fingerprint density at radius 1 is 1.58 bits per heavy atom. The normalized spacial score (nSPS) is 13.2. The summed E-state index contributed by atoms with van der Waals surface area (Å²) in [5, 5.41) is 8.60. The van der Waals surface area contributed by atoms with E-state index in [1.807, 2.05) is 20.8 Å². The predicted molar refractivity (Wildman–Crippen MR) is 43.6 cm³/mol. The van der Waals surface area contributed by atoms with Crippen LogP contribution in [0.15, 0.2) is 4.99 Å². The Kier molecular flexibility index (Phi) is 3.64. The van der Waals surface area contributed by atoms with Crippen molar-refractivity contribution < 1.29 is 14.7 Å². The second kappa shape index (κ2) is 4.02. The molecule has 0 rings (SSSR count). The summed E-state index contributed by atoms with van der Waals surface area (Å²) in [6.07, 6.45) is 1.61. The summed E-state index contributed by atoms with van der Waals surface area (Å²) in [5.74, 6) is -1.08. The van der Waals surface area contributed by atoms with Crippen LogP contribution in [-0.4, -0.2) is 23.2 Å². The van der Waals surface area contributed by atoms with E-state index in [0.717, 1.165) is 0 Å². The lowest BCUT2D eigenvalue weighted by atomic mass is 9.88. The summed E-state index contributed by atoms with van der Waals surface area (Å²) >= 11 is 0. The third-order valence-corrected chi connectivity index (χ3v) is 1.30. The number of carbonyl (C=O) groups is 1.